The van der Waals surface area contributed by atoms with Crippen molar-refractivity contribution in [2.75, 3.05) is 0 Å². The second-order valence-corrected chi connectivity index (χ2v) is 6.50. The van der Waals surface area contributed by atoms with E-state index in [0.29, 0.717) is 6.07 Å². The number of halogens is 5. The van der Waals surface area contributed by atoms with Crippen LogP contribution in [0.4, 0.5) is 19.0 Å². The maximum atomic E-state index is 12.1. The van der Waals surface area contributed by atoms with Crippen molar-refractivity contribution < 1.29 is 31.2 Å². The number of pyridine rings is 1. The van der Waals surface area contributed by atoms with Gasteiger partial charge in [-0.05, 0) is 27.5 Å². The van der Waals surface area contributed by atoms with Gasteiger partial charge in [0.25, 0.3) is 9.05 Å². The molecular weight excluding hydrogens is 431 g/mol. The molecule has 0 spiro atoms. The molecule has 0 atom stereocenters. The zero-order chi connectivity index (χ0) is 15.0. The second-order valence-electron chi connectivity index (χ2n) is 2.84. The highest BCUT2D eigenvalue weighted by molar-refractivity contribution is 14.1. The van der Waals surface area contributed by atoms with Gasteiger partial charge >= 0.3 is 18.1 Å². The third-order valence-corrected chi connectivity index (χ3v) is 4.09. The van der Waals surface area contributed by atoms with Crippen molar-refractivity contribution in [1.29, 1.82) is 0 Å². The monoisotopic (exact) mass is 432 g/mol. The summed E-state index contributed by atoms with van der Waals surface area (Å²) < 4.78 is 61.5. The van der Waals surface area contributed by atoms with E-state index in [4.69, 9.17) is 10.7 Å². The summed E-state index contributed by atoms with van der Waals surface area (Å²) in [5.74, 6) is -2.51. The van der Waals surface area contributed by atoms with E-state index in [0.717, 1.165) is 0 Å². The maximum Gasteiger partial charge on any atom is 0.575 e. The molecule has 0 radical (unpaired) electrons. The molecule has 0 aliphatic rings. The van der Waals surface area contributed by atoms with Gasteiger partial charge in [0, 0.05) is 19.2 Å². The summed E-state index contributed by atoms with van der Waals surface area (Å²) in [6.45, 7) is 0. The van der Waals surface area contributed by atoms with E-state index < -0.39 is 40.5 Å². The number of rotatable bonds is 3. The second kappa shape index (κ2) is 5.24. The van der Waals surface area contributed by atoms with Crippen molar-refractivity contribution in [1.82, 2.24) is 4.98 Å². The first-order valence-electron chi connectivity index (χ1n) is 3.97. The highest BCUT2D eigenvalue weighted by atomic mass is 127. The van der Waals surface area contributed by atoms with Gasteiger partial charge in [0.1, 0.15) is 0 Å². The average Bonchev–Trinajstić information content (AvgIpc) is 2.10. The number of hydrogen-bond donors (Lipinski definition) is 0. The molecule has 106 valence electrons. The lowest BCUT2D eigenvalue weighted by Crippen LogP contribution is -2.20. The van der Waals surface area contributed by atoms with Crippen LogP contribution in [0.25, 0.3) is 0 Å². The Kier molecular flexibility index (Phi) is 4.46. The molecule has 0 saturated heterocycles. The summed E-state index contributed by atoms with van der Waals surface area (Å²) in [5.41, 5.74) is 0. The number of hydrogen-bond acceptors (Lipinski definition) is 6. The Morgan fingerprint density at radius 1 is 1.47 bits per heavy atom. The van der Waals surface area contributed by atoms with Crippen molar-refractivity contribution in [2.45, 2.75) is 11.3 Å². The van der Waals surface area contributed by atoms with Crippen molar-refractivity contribution in [3.8, 4) is 5.88 Å². The fraction of sp³-hybridized carbons (Fsp3) is 0.167. The number of aromatic nitrogens is 1. The van der Waals surface area contributed by atoms with Crippen molar-refractivity contribution in [2.24, 2.45) is 0 Å². The van der Waals surface area contributed by atoms with Crippen LogP contribution < -0.4 is 4.74 Å². The van der Waals surface area contributed by atoms with Gasteiger partial charge in [-0.1, -0.05) is 0 Å². The molecule has 0 N–H and O–H groups in total. The fourth-order valence-corrected chi connectivity index (χ4v) is 3.77. The normalized spacial score (nSPS) is 12.3. The van der Waals surface area contributed by atoms with Crippen LogP contribution in [0.1, 0.15) is 0 Å². The number of nitrogens with zero attached hydrogens (tertiary/aromatic N) is 2. The molecule has 0 bridgehead atoms. The molecule has 19 heavy (non-hydrogen) atoms. The predicted molar refractivity (Wildman–Crippen MR) is 63.3 cm³/mol. The lowest BCUT2D eigenvalue weighted by atomic mass is 10.4. The van der Waals surface area contributed by atoms with E-state index in [1.54, 1.807) is 0 Å². The predicted octanol–water partition coefficient (Wildman–Crippen LogP) is 2.42. The number of ether oxygens (including phenoxy) is 1. The molecular formula is C6HClF3IN2O5S. The van der Waals surface area contributed by atoms with E-state index in [-0.39, 0.29) is 0 Å². The van der Waals surface area contributed by atoms with Crippen LogP contribution in [-0.2, 0) is 9.05 Å². The Hall–Kier alpha value is -0.890. The van der Waals surface area contributed by atoms with Crippen LogP contribution >= 0.6 is 33.3 Å². The van der Waals surface area contributed by atoms with Crippen molar-refractivity contribution in [3.05, 3.63) is 19.8 Å². The molecule has 0 aliphatic carbocycles. The first kappa shape index (κ1) is 16.2. The van der Waals surface area contributed by atoms with Gasteiger partial charge in [-0.2, -0.15) is 0 Å². The fourth-order valence-electron chi connectivity index (χ4n) is 0.961. The van der Waals surface area contributed by atoms with Gasteiger partial charge in [-0.25, -0.2) is 8.42 Å². The van der Waals surface area contributed by atoms with Crippen LogP contribution in [0.5, 0.6) is 5.88 Å². The number of alkyl halides is 3. The third-order valence-electron chi connectivity index (χ3n) is 1.53. The SMILES string of the molecule is O=[N+]([O-])c1cc(I)c(S(=O)(=O)Cl)c(OC(F)(F)F)n1. The van der Waals surface area contributed by atoms with Crippen LogP contribution in [0.3, 0.4) is 0 Å². The average molecular weight is 433 g/mol. The van der Waals surface area contributed by atoms with Gasteiger partial charge < -0.3 is 14.9 Å². The summed E-state index contributed by atoms with van der Waals surface area (Å²) >= 11 is 1.27. The Morgan fingerprint density at radius 3 is 2.37 bits per heavy atom. The van der Waals surface area contributed by atoms with Crippen LogP contribution in [0.15, 0.2) is 11.0 Å². The molecule has 0 unspecified atom stereocenters. The first-order chi connectivity index (χ1) is 8.42. The van der Waals surface area contributed by atoms with Crippen LogP contribution in [0, 0.1) is 13.7 Å². The molecule has 13 heteroatoms. The van der Waals surface area contributed by atoms with E-state index in [9.17, 15) is 31.7 Å². The molecule has 1 aromatic rings. The minimum atomic E-state index is -5.28. The number of nitro groups is 1. The van der Waals surface area contributed by atoms with E-state index >= 15 is 0 Å². The Labute approximate surface area is 121 Å². The lowest BCUT2D eigenvalue weighted by molar-refractivity contribution is -0.390. The summed E-state index contributed by atoms with van der Waals surface area (Å²) in [6, 6.07) is 0.652. The highest BCUT2D eigenvalue weighted by Crippen LogP contribution is 2.35. The van der Waals surface area contributed by atoms with E-state index in [1.807, 2.05) is 0 Å². The zero-order valence-electron chi connectivity index (χ0n) is 8.31. The van der Waals surface area contributed by atoms with Crippen molar-refractivity contribution in [3.63, 3.8) is 0 Å². The first-order valence-corrected chi connectivity index (χ1v) is 7.36. The molecule has 0 saturated carbocycles. The molecule has 0 amide bonds. The van der Waals surface area contributed by atoms with Gasteiger partial charge in [-0.15, -0.1) is 13.2 Å². The molecule has 0 aromatic carbocycles. The van der Waals surface area contributed by atoms with Gasteiger partial charge in [0.05, 0.1) is 6.07 Å². The molecule has 1 aromatic heterocycles. The Morgan fingerprint density at radius 2 is 2.00 bits per heavy atom. The Balaban J connectivity index is 3.59. The van der Waals surface area contributed by atoms with E-state index in [1.165, 1.54) is 22.6 Å². The van der Waals surface area contributed by atoms with Gasteiger partial charge in [0.15, 0.2) is 4.90 Å². The summed E-state index contributed by atoms with van der Waals surface area (Å²) in [4.78, 5) is 11.1. The van der Waals surface area contributed by atoms with E-state index in [2.05, 4.69) is 9.72 Å². The third kappa shape index (κ3) is 4.31. The van der Waals surface area contributed by atoms with Crippen LogP contribution in [-0.4, -0.2) is 24.7 Å². The van der Waals surface area contributed by atoms with Crippen molar-refractivity contribution >= 4 is 48.1 Å². The lowest BCUT2D eigenvalue weighted by Gasteiger charge is -2.08. The zero-order valence-corrected chi connectivity index (χ0v) is 12.0. The highest BCUT2D eigenvalue weighted by Gasteiger charge is 2.39. The molecule has 1 heterocycles. The molecule has 0 aliphatic heterocycles. The summed E-state index contributed by atoms with van der Waals surface area (Å²) in [7, 11) is 0.316. The summed E-state index contributed by atoms with van der Waals surface area (Å²) in [5, 5.41) is 10.5. The van der Waals surface area contributed by atoms with Gasteiger partial charge in [0.2, 0.25) is 0 Å². The standard InChI is InChI=1S/C6HClF3IN2O5S/c7-19(16,17)4-2(11)1-3(13(14)15)12-5(4)18-6(8,9)10/h1H. The molecule has 7 nitrogen and oxygen atoms in total. The largest absolute Gasteiger partial charge is 0.575 e. The topological polar surface area (TPSA) is 99.4 Å². The molecule has 0 fully saturated rings. The molecule has 1 rings (SSSR count). The smallest absolute Gasteiger partial charge is 0.365 e. The minimum absolute atomic E-state index is 0.423. The minimum Gasteiger partial charge on any atom is -0.365 e. The summed E-state index contributed by atoms with van der Waals surface area (Å²) in [6.07, 6.45) is -5.28. The quantitative estimate of drug-likeness (QED) is 0.315. The Bertz CT molecular complexity index is 634. The maximum absolute atomic E-state index is 12.1. The van der Waals surface area contributed by atoms with Crippen LogP contribution in [0.2, 0.25) is 0 Å². The van der Waals surface area contributed by atoms with Gasteiger partial charge in [-0.3, -0.25) is 0 Å².